The molecule has 0 aliphatic rings. The first-order valence-corrected chi connectivity index (χ1v) is 4.82. The number of aromatic nitrogens is 2. The third-order valence-corrected chi connectivity index (χ3v) is 2.25. The quantitative estimate of drug-likeness (QED) is 0.598. The summed E-state index contributed by atoms with van der Waals surface area (Å²) in [6.45, 7) is 0. The highest BCUT2D eigenvalue weighted by molar-refractivity contribution is 5.91. The van der Waals surface area contributed by atoms with Crippen molar-refractivity contribution in [3.63, 3.8) is 0 Å². The maximum atomic E-state index is 11.3. The van der Waals surface area contributed by atoms with E-state index in [1.807, 2.05) is 0 Å². The highest BCUT2D eigenvalue weighted by atomic mass is 16.5. The molecule has 17 heavy (non-hydrogen) atoms. The number of nitrogens with zero attached hydrogens (tertiary/aromatic N) is 3. The number of carbonyl (C=O) groups is 1. The van der Waals surface area contributed by atoms with Gasteiger partial charge in [-0.25, -0.2) is 9.48 Å². The highest BCUT2D eigenvalue weighted by Crippen LogP contribution is 2.24. The SMILES string of the molecule is COC(=O)c1ccc(-n2cccn2)c(N=O)c1. The monoisotopic (exact) mass is 231 g/mol. The molecule has 1 aromatic heterocycles. The van der Waals surface area contributed by atoms with Gasteiger partial charge in [-0.3, -0.25) is 0 Å². The van der Waals surface area contributed by atoms with Gasteiger partial charge in [-0.15, -0.1) is 4.91 Å². The lowest BCUT2D eigenvalue weighted by Crippen LogP contribution is -2.02. The van der Waals surface area contributed by atoms with Crippen LogP contribution in [-0.4, -0.2) is 22.9 Å². The third-order valence-electron chi connectivity index (χ3n) is 2.25. The average molecular weight is 231 g/mol. The molecule has 0 saturated carbocycles. The summed E-state index contributed by atoms with van der Waals surface area (Å²) in [5, 5.41) is 6.88. The number of carbonyl (C=O) groups excluding carboxylic acids is 1. The van der Waals surface area contributed by atoms with Crippen LogP contribution in [0.4, 0.5) is 5.69 Å². The second kappa shape index (κ2) is 4.56. The van der Waals surface area contributed by atoms with Gasteiger partial charge < -0.3 is 4.74 Å². The second-order valence-corrected chi connectivity index (χ2v) is 3.24. The summed E-state index contributed by atoms with van der Waals surface area (Å²) < 4.78 is 6.06. The lowest BCUT2D eigenvalue weighted by atomic mass is 10.2. The predicted octanol–water partition coefficient (Wildman–Crippen LogP) is 2.06. The normalized spacial score (nSPS) is 9.94. The van der Waals surface area contributed by atoms with Crippen LogP contribution in [0.2, 0.25) is 0 Å². The van der Waals surface area contributed by atoms with Gasteiger partial charge in [-0.05, 0) is 29.4 Å². The Balaban J connectivity index is 2.49. The molecule has 0 bridgehead atoms. The molecule has 0 amide bonds. The van der Waals surface area contributed by atoms with Crippen molar-refractivity contribution < 1.29 is 9.53 Å². The van der Waals surface area contributed by atoms with Crippen LogP contribution in [0.5, 0.6) is 0 Å². The topological polar surface area (TPSA) is 73.6 Å². The van der Waals surface area contributed by atoms with Gasteiger partial charge in [-0.2, -0.15) is 5.10 Å². The smallest absolute Gasteiger partial charge is 0.337 e. The Morgan fingerprint density at radius 2 is 2.29 bits per heavy atom. The van der Waals surface area contributed by atoms with Crippen molar-refractivity contribution in [2.45, 2.75) is 0 Å². The molecule has 1 heterocycles. The molecule has 0 N–H and O–H groups in total. The number of hydrogen-bond donors (Lipinski definition) is 0. The number of benzene rings is 1. The number of rotatable bonds is 3. The Morgan fingerprint density at radius 1 is 1.47 bits per heavy atom. The van der Waals surface area contributed by atoms with E-state index < -0.39 is 5.97 Å². The molecule has 0 aliphatic carbocycles. The first kappa shape index (κ1) is 11.0. The fraction of sp³-hybridized carbons (Fsp3) is 0.0909. The molecule has 0 fully saturated rings. The third kappa shape index (κ3) is 2.05. The van der Waals surface area contributed by atoms with Crippen LogP contribution in [0.15, 0.2) is 41.8 Å². The Morgan fingerprint density at radius 3 is 2.88 bits per heavy atom. The summed E-state index contributed by atoms with van der Waals surface area (Å²) in [6.07, 6.45) is 3.27. The zero-order chi connectivity index (χ0) is 12.3. The van der Waals surface area contributed by atoms with Gasteiger partial charge in [0, 0.05) is 12.4 Å². The van der Waals surface area contributed by atoms with Gasteiger partial charge in [0.05, 0.1) is 18.4 Å². The minimum atomic E-state index is -0.512. The summed E-state index contributed by atoms with van der Waals surface area (Å²) in [7, 11) is 1.28. The van der Waals surface area contributed by atoms with E-state index in [9.17, 15) is 9.70 Å². The molecule has 0 saturated heterocycles. The summed E-state index contributed by atoms with van der Waals surface area (Å²) in [5.41, 5.74) is 0.923. The molecule has 2 rings (SSSR count). The first-order chi connectivity index (χ1) is 8.26. The fourth-order valence-electron chi connectivity index (χ4n) is 1.45. The van der Waals surface area contributed by atoms with Crippen LogP contribution in [0.1, 0.15) is 10.4 Å². The lowest BCUT2D eigenvalue weighted by molar-refractivity contribution is 0.0601. The minimum absolute atomic E-state index is 0.136. The number of esters is 1. The van der Waals surface area contributed by atoms with Crippen molar-refractivity contribution in [3.05, 3.63) is 47.1 Å². The standard InChI is InChI=1S/C11H9N3O3/c1-17-11(15)8-3-4-10(9(7-8)13-16)14-6-2-5-12-14/h2-7H,1H3. The van der Waals surface area contributed by atoms with E-state index in [0.29, 0.717) is 5.69 Å². The molecule has 86 valence electrons. The summed E-state index contributed by atoms with van der Waals surface area (Å²) in [4.78, 5) is 22.0. The van der Waals surface area contributed by atoms with E-state index in [1.165, 1.54) is 17.9 Å². The van der Waals surface area contributed by atoms with E-state index in [1.54, 1.807) is 30.6 Å². The van der Waals surface area contributed by atoms with Crippen LogP contribution in [-0.2, 0) is 4.74 Å². The molecule has 0 radical (unpaired) electrons. The van der Waals surface area contributed by atoms with Crippen LogP contribution in [0, 0.1) is 4.91 Å². The Labute approximate surface area is 96.8 Å². The molecule has 0 spiro atoms. The molecule has 0 unspecified atom stereocenters. The Bertz CT molecular complexity index is 549. The molecule has 6 nitrogen and oxygen atoms in total. The van der Waals surface area contributed by atoms with Gasteiger partial charge in [0.1, 0.15) is 5.69 Å². The van der Waals surface area contributed by atoms with E-state index in [0.717, 1.165) is 0 Å². The highest BCUT2D eigenvalue weighted by Gasteiger charge is 2.11. The molecule has 0 aliphatic heterocycles. The minimum Gasteiger partial charge on any atom is -0.465 e. The number of hydrogen-bond acceptors (Lipinski definition) is 5. The predicted molar refractivity (Wildman–Crippen MR) is 60.4 cm³/mol. The van der Waals surface area contributed by atoms with Crippen molar-refractivity contribution in [2.24, 2.45) is 5.18 Å². The van der Waals surface area contributed by atoms with Gasteiger partial charge in [0.25, 0.3) is 0 Å². The summed E-state index contributed by atoms with van der Waals surface area (Å²) in [6, 6.07) is 6.24. The van der Waals surface area contributed by atoms with Crippen molar-refractivity contribution in [1.82, 2.24) is 9.78 Å². The van der Waals surface area contributed by atoms with E-state index in [2.05, 4.69) is 15.0 Å². The number of methoxy groups -OCH3 is 1. The Kier molecular flexibility index (Phi) is 2.95. The molecular weight excluding hydrogens is 222 g/mol. The zero-order valence-corrected chi connectivity index (χ0v) is 9.03. The van der Waals surface area contributed by atoms with Crippen LogP contribution in [0.3, 0.4) is 0 Å². The summed E-state index contributed by atoms with van der Waals surface area (Å²) in [5.74, 6) is -0.512. The molecule has 2 aromatic rings. The van der Waals surface area contributed by atoms with Crippen molar-refractivity contribution in [1.29, 1.82) is 0 Å². The maximum Gasteiger partial charge on any atom is 0.337 e. The first-order valence-electron chi connectivity index (χ1n) is 4.82. The van der Waals surface area contributed by atoms with Crippen molar-refractivity contribution in [3.8, 4) is 5.69 Å². The fourth-order valence-corrected chi connectivity index (χ4v) is 1.45. The van der Waals surface area contributed by atoms with Gasteiger partial charge in [0.15, 0.2) is 0 Å². The zero-order valence-electron chi connectivity index (χ0n) is 9.03. The van der Waals surface area contributed by atoms with E-state index in [4.69, 9.17) is 0 Å². The van der Waals surface area contributed by atoms with Crippen molar-refractivity contribution >= 4 is 11.7 Å². The van der Waals surface area contributed by atoms with Crippen LogP contribution < -0.4 is 0 Å². The van der Waals surface area contributed by atoms with Gasteiger partial charge in [-0.1, -0.05) is 0 Å². The number of ether oxygens (including phenoxy) is 1. The van der Waals surface area contributed by atoms with E-state index >= 15 is 0 Å². The molecular formula is C11H9N3O3. The van der Waals surface area contributed by atoms with Crippen LogP contribution in [0.25, 0.3) is 5.69 Å². The molecule has 0 atom stereocenters. The summed E-state index contributed by atoms with van der Waals surface area (Å²) >= 11 is 0. The van der Waals surface area contributed by atoms with Gasteiger partial charge in [0.2, 0.25) is 0 Å². The Hall–Kier alpha value is -2.50. The maximum absolute atomic E-state index is 11.3. The second-order valence-electron chi connectivity index (χ2n) is 3.24. The lowest BCUT2D eigenvalue weighted by Gasteiger charge is -2.05. The van der Waals surface area contributed by atoms with Crippen LogP contribution >= 0.6 is 0 Å². The van der Waals surface area contributed by atoms with Gasteiger partial charge >= 0.3 is 5.97 Å². The largest absolute Gasteiger partial charge is 0.465 e. The van der Waals surface area contributed by atoms with E-state index in [-0.39, 0.29) is 11.3 Å². The average Bonchev–Trinajstić information content (AvgIpc) is 2.90. The molecule has 1 aromatic carbocycles. The van der Waals surface area contributed by atoms with Crippen molar-refractivity contribution in [2.75, 3.05) is 7.11 Å². The number of nitroso groups, excluding NO2 is 1. The molecule has 6 heteroatoms.